The molecule has 2 rings (SSSR count). The van der Waals surface area contributed by atoms with Gasteiger partial charge in [0.05, 0.1) is 6.21 Å². The SMILES string of the molecule is Cc1c(I)cc(/C=N/Oc2cc(F)cc(F)c2)cc1I. The second-order valence-corrected chi connectivity index (χ2v) is 6.36. The van der Waals surface area contributed by atoms with E-state index in [9.17, 15) is 8.78 Å². The average Bonchev–Trinajstić information content (AvgIpc) is 2.34. The molecule has 6 heteroatoms. The highest BCUT2D eigenvalue weighted by Crippen LogP contribution is 2.20. The second kappa shape index (κ2) is 6.79. The van der Waals surface area contributed by atoms with Gasteiger partial charge in [0.15, 0.2) is 5.75 Å². The van der Waals surface area contributed by atoms with Crippen LogP contribution in [0.5, 0.6) is 5.75 Å². The predicted octanol–water partition coefficient (Wildman–Crippen LogP) is 4.90. The smallest absolute Gasteiger partial charge is 0.163 e. The lowest BCUT2D eigenvalue weighted by molar-refractivity contribution is 0.339. The van der Waals surface area contributed by atoms with E-state index in [1.54, 1.807) is 0 Å². The first-order valence-corrected chi connectivity index (χ1v) is 7.73. The first-order valence-electron chi connectivity index (χ1n) is 5.58. The Morgan fingerprint density at radius 2 is 1.55 bits per heavy atom. The minimum Gasteiger partial charge on any atom is -0.357 e. The maximum atomic E-state index is 13.0. The van der Waals surface area contributed by atoms with Crippen molar-refractivity contribution in [2.45, 2.75) is 6.92 Å². The quantitative estimate of drug-likeness (QED) is 0.335. The zero-order valence-corrected chi connectivity index (χ0v) is 14.6. The average molecular weight is 499 g/mol. The summed E-state index contributed by atoms with van der Waals surface area (Å²) in [5.74, 6) is -1.38. The summed E-state index contributed by atoms with van der Waals surface area (Å²) in [6.07, 6.45) is 1.51. The highest BCUT2D eigenvalue weighted by atomic mass is 127. The van der Waals surface area contributed by atoms with Crippen LogP contribution in [0.4, 0.5) is 8.78 Å². The van der Waals surface area contributed by atoms with Crippen molar-refractivity contribution >= 4 is 51.4 Å². The minimum atomic E-state index is -0.699. The fraction of sp³-hybridized carbons (Fsp3) is 0.0714. The molecule has 2 aromatic carbocycles. The van der Waals surface area contributed by atoms with Crippen LogP contribution in [-0.2, 0) is 0 Å². The molecule has 20 heavy (non-hydrogen) atoms. The van der Waals surface area contributed by atoms with E-state index in [0.717, 1.165) is 30.9 Å². The van der Waals surface area contributed by atoms with Crippen molar-refractivity contribution < 1.29 is 13.6 Å². The van der Waals surface area contributed by atoms with Crippen LogP contribution in [0.25, 0.3) is 0 Å². The molecule has 2 aromatic rings. The fourth-order valence-electron chi connectivity index (χ4n) is 1.47. The molecule has 0 bridgehead atoms. The van der Waals surface area contributed by atoms with Crippen molar-refractivity contribution in [2.24, 2.45) is 5.16 Å². The zero-order chi connectivity index (χ0) is 14.7. The molecule has 0 heterocycles. The van der Waals surface area contributed by atoms with Gasteiger partial charge in [0, 0.05) is 25.3 Å². The van der Waals surface area contributed by atoms with Crippen LogP contribution in [0, 0.1) is 25.7 Å². The maximum absolute atomic E-state index is 13.0. The summed E-state index contributed by atoms with van der Waals surface area (Å²) in [7, 11) is 0. The first-order chi connectivity index (χ1) is 9.45. The molecule has 0 aromatic heterocycles. The van der Waals surface area contributed by atoms with Crippen LogP contribution in [0.3, 0.4) is 0 Å². The normalized spacial score (nSPS) is 11.1. The molecule has 0 unspecified atom stereocenters. The van der Waals surface area contributed by atoms with Gasteiger partial charge in [-0.3, -0.25) is 0 Å². The molecule has 0 N–H and O–H groups in total. The third-order valence-corrected chi connectivity index (χ3v) is 4.74. The Morgan fingerprint density at radius 3 is 2.10 bits per heavy atom. The summed E-state index contributed by atoms with van der Waals surface area (Å²) in [5.41, 5.74) is 2.07. The number of hydrogen-bond acceptors (Lipinski definition) is 2. The topological polar surface area (TPSA) is 21.6 Å². The molecular formula is C14H9F2I2NO. The molecule has 0 fully saturated rings. The van der Waals surface area contributed by atoms with Crippen LogP contribution < -0.4 is 4.84 Å². The highest BCUT2D eigenvalue weighted by Gasteiger charge is 2.03. The summed E-state index contributed by atoms with van der Waals surface area (Å²) in [5, 5.41) is 3.74. The van der Waals surface area contributed by atoms with Gasteiger partial charge in [0.1, 0.15) is 11.6 Å². The highest BCUT2D eigenvalue weighted by molar-refractivity contribution is 14.1. The van der Waals surface area contributed by atoms with Crippen molar-refractivity contribution in [1.82, 2.24) is 0 Å². The van der Waals surface area contributed by atoms with E-state index in [4.69, 9.17) is 4.84 Å². The van der Waals surface area contributed by atoms with Gasteiger partial charge in [-0.25, -0.2) is 8.78 Å². The van der Waals surface area contributed by atoms with E-state index >= 15 is 0 Å². The molecule has 0 amide bonds. The largest absolute Gasteiger partial charge is 0.357 e. The molecular weight excluding hydrogens is 490 g/mol. The lowest BCUT2D eigenvalue weighted by atomic mass is 10.2. The van der Waals surface area contributed by atoms with Gasteiger partial charge in [-0.05, 0) is 75.4 Å². The van der Waals surface area contributed by atoms with Gasteiger partial charge in [-0.15, -0.1) is 0 Å². The zero-order valence-electron chi connectivity index (χ0n) is 10.3. The third kappa shape index (κ3) is 4.11. The number of halogens is 4. The van der Waals surface area contributed by atoms with Crippen molar-refractivity contribution in [1.29, 1.82) is 0 Å². The van der Waals surface area contributed by atoms with Gasteiger partial charge in [0.2, 0.25) is 0 Å². The summed E-state index contributed by atoms with van der Waals surface area (Å²) >= 11 is 4.48. The minimum absolute atomic E-state index is 0.0234. The monoisotopic (exact) mass is 499 g/mol. The van der Waals surface area contributed by atoms with Crippen LogP contribution >= 0.6 is 45.2 Å². The van der Waals surface area contributed by atoms with Gasteiger partial charge >= 0.3 is 0 Å². The van der Waals surface area contributed by atoms with Gasteiger partial charge < -0.3 is 4.84 Å². The first kappa shape index (κ1) is 15.6. The van der Waals surface area contributed by atoms with E-state index in [-0.39, 0.29) is 5.75 Å². The number of benzene rings is 2. The van der Waals surface area contributed by atoms with E-state index in [1.807, 2.05) is 19.1 Å². The van der Waals surface area contributed by atoms with Crippen molar-refractivity contribution in [3.8, 4) is 5.75 Å². The molecule has 0 aliphatic rings. The van der Waals surface area contributed by atoms with Gasteiger partial charge in [-0.2, -0.15) is 0 Å². The molecule has 2 nitrogen and oxygen atoms in total. The molecule has 0 atom stereocenters. The number of oxime groups is 1. The van der Waals surface area contributed by atoms with E-state index in [1.165, 1.54) is 11.8 Å². The molecule has 0 spiro atoms. The van der Waals surface area contributed by atoms with Crippen molar-refractivity contribution in [2.75, 3.05) is 0 Å². The standard InChI is InChI=1S/C14H9F2I2NO/c1-8-13(17)2-9(3-14(8)18)7-19-20-12-5-10(15)4-11(16)6-12/h2-7H,1H3/b19-7+. The Balaban J connectivity index is 2.14. The Morgan fingerprint density at radius 1 is 1.00 bits per heavy atom. The number of rotatable bonds is 3. The van der Waals surface area contributed by atoms with E-state index in [0.29, 0.717) is 0 Å². The second-order valence-electron chi connectivity index (χ2n) is 4.04. The van der Waals surface area contributed by atoms with Gasteiger partial charge in [-0.1, -0.05) is 5.16 Å². The maximum Gasteiger partial charge on any atom is 0.163 e. The summed E-state index contributed by atoms with van der Waals surface area (Å²) in [6.45, 7) is 2.04. The molecule has 0 aliphatic carbocycles. The van der Waals surface area contributed by atoms with Crippen molar-refractivity contribution in [3.05, 3.63) is 60.2 Å². The lowest BCUT2D eigenvalue weighted by Gasteiger charge is -2.03. The summed E-state index contributed by atoms with van der Waals surface area (Å²) in [6, 6.07) is 6.83. The Kier molecular flexibility index (Phi) is 5.30. The van der Waals surface area contributed by atoms with Crippen LogP contribution in [0.15, 0.2) is 35.5 Å². The number of nitrogens with zero attached hydrogens (tertiary/aromatic N) is 1. The lowest BCUT2D eigenvalue weighted by Crippen LogP contribution is -1.93. The van der Waals surface area contributed by atoms with Crippen LogP contribution in [-0.4, -0.2) is 6.21 Å². The third-order valence-electron chi connectivity index (χ3n) is 2.50. The molecule has 0 saturated carbocycles. The van der Waals surface area contributed by atoms with Crippen LogP contribution in [0.2, 0.25) is 0 Å². The fourth-order valence-corrected chi connectivity index (χ4v) is 3.29. The predicted molar refractivity (Wildman–Crippen MR) is 91.2 cm³/mol. The molecule has 0 radical (unpaired) electrons. The van der Waals surface area contributed by atoms with E-state index in [2.05, 4.69) is 50.3 Å². The number of hydrogen-bond donors (Lipinski definition) is 0. The van der Waals surface area contributed by atoms with Crippen molar-refractivity contribution in [3.63, 3.8) is 0 Å². The Bertz CT molecular complexity index is 631. The molecule has 0 saturated heterocycles. The molecule has 0 aliphatic heterocycles. The Hall–Kier alpha value is -0.770. The molecule has 104 valence electrons. The summed E-state index contributed by atoms with van der Waals surface area (Å²) < 4.78 is 28.1. The van der Waals surface area contributed by atoms with E-state index < -0.39 is 11.6 Å². The van der Waals surface area contributed by atoms with Gasteiger partial charge in [0.25, 0.3) is 0 Å². The Labute approximate surface area is 142 Å². The van der Waals surface area contributed by atoms with Crippen LogP contribution in [0.1, 0.15) is 11.1 Å². The summed E-state index contributed by atoms with van der Waals surface area (Å²) in [4.78, 5) is 4.97.